The number of carbonyl (C=O) groups excluding carboxylic acids is 4. The molecule has 0 saturated carbocycles. The van der Waals surface area contributed by atoms with Crippen molar-refractivity contribution >= 4 is 76.7 Å². The van der Waals surface area contributed by atoms with Crippen molar-refractivity contribution in [2.24, 2.45) is 0 Å². The summed E-state index contributed by atoms with van der Waals surface area (Å²) in [6.45, 7) is 3.80. The number of anilines is 2. The number of benzene rings is 2. The number of rotatable bonds is 8. The molecule has 10 nitrogen and oxygen atoms in total. The molecule has 41 heavy (non-hydrogen) atoms. The third-order valence-electron chi connectivity index (χ3n) is 6.22. The van der Waals surface area contributed by atoms with Crippen LogP contribution >= 0.6 is 23.5 Å². The number of carbonyl (C=O) groups is 4. The molecule has 2 aliphatic rings. The lowest BCUT2D eigenvalue weighted by molar-refractivity contribution is -0.109. The topological polar surface area (TPSA) is 143 Å². The van der Waals surface area contributed by atoms with Crippen LogP contribution in [0.2, 0.25) is 0 Å². The largest absolute Gasteiger partial charge is 0.293 e. The van der Waals surface area contributed by atoms with Crippen LogP contribution in [-0.2, 0) is 29.6 Å². The van der Waals surface area contributed by atoms with Crippen LogP contribution in [-0.4, -0.2) is 74.7 Å². The molecule has 14 heteroatoms. The number of nitrogens with zero attached hydrogens (tertiary/aromatic N) is 2. The van der Waals surface area contributed by atoms with Gasteiger partial charge in [0.2, 0.25) is 20.0 Å². The van der Waals surface area contributed by atoms with E-state index in [-0.39, 0.29) is 44.8 Å². The van der Waals surface area contributed by atoms with E-state index in [1.54, 1.807) is 48.5 Å². The van der Waals surface area contributed by atoms with Gasteiger partial charge in [0.1, 0.15) is 0 Å². The van der Waals surface area contributed by atoms with Gasteiger partial charge in [0.15, 0.2) is 21.8 Å². The van der Waals surface area contributed by atoms with Crippen molar-refractivity contribution in [1.29, 1.82) is 0 Å². The van der Waals surface area contributed by atoms with Gasteiger partial charge in [-0.05, 0) is 67.8 Å². The number of Topliss-reactive ketones (excluding diaryl/α,β-unsaturated/α-hetero) is 2. The summed E-state index contributed by atoms with van der Waals surface area (Å²) >= 11 is 1.94. The molecule has 4 rings (SSSR count). The van der Waals surface area contributed by atoms with Gasteiger partial charge >= 0.3 is 0 Å². The van der Waals surface area contributed by atoms with Crippen LogP contribution in [0.15, 0.2) is 48.5 Å². The molecule has 2 aliphatic heterocycles. The third-order valence-corrected chi connectivity index (χ3v) is 11.6. The minimum Gasteiger partial charge on any atom is -0.293 e. The Labute approximate surface area is 249 Å². The van der Waals surface area contributed by atoms with Gasteiger partial charge in [-0.1, -0.05) is 23.5 Å². The first-order valence-electron chi connectivity index (χ1n) is 12.8. The molecule has 0 unspecified atom stereocenters. The molecule has 0 N–H and O–H groups in total. The molecule has 0 spiro atoms. The van der Waals surface area contributed by atoms with E-state index in [1.165, 1.54) is 22.5 Å². The summed E-state index contributed by atoms with van der Waals surface area (Å²) in [7, 11) is -6.43. The molecular weight excluding hydrogens is 609 g/mol. The number of thioether (sulfide) groups is 2. The average Bonchev–Trinajstić information content (AvgIpc) is 3.29. The van der Waals surface area contributed by atoms with Gasteiger partial charge in [-0.2, -0.15) is 0 Å². The summed E-state index contributed by atoms with van der Waals surface area (Å²) in [6.07, 6.45) is 2.16. The third kappa shape index (κ3) is 9.42. The van der Waals surface area contributed by atoms with Gasteiger partial charge in [-0.15, -0.1) is 0 Å². The molecule has 2 aromatic rings. The number of sulfonamides is 2. The second kappa shape index (κ2) is 14.5. The fourth-order valence-corrected chi connectivity index (χ4v) is 8.34. The molecule has 0 atom stereocenters. The molecule has 2 saturated heterocycles. The lowest BCUT2D eigenvalue weighted by atomic mass is 10.1. The number of ketones is 2. The Kier molecular flexibility index (Phi) is 11.6. The van der Waals surface area contributed by atoms with Crippen molar-refractivity contribution in [2.45, 2.75) is 33.1 Å². The van der Waals surface area contributed by atoms with Crippen LogP contribution in [0.4, 0.5) is 11.4 Å². The van der Waals surface area contributed by atoms with E-state index in [1.807, 2.05) is 0 Å². The monoisotopic (exact) mass is 640 g/mol. The van der Waals surface area contributed by atoms with E-state index < -0.39 is 20.0 Å². The zero-order valence-corrected chi connectivity index (χ0v) is 26.0. The number of hydrogen-bond donors (Lipinski definition) is 0. The highest BCUT2D eigenvalue weighted by atomic mass is 32.2. The SMILES string of the molecule is CC(=O)SCC(=O)c1ccc(N2CCCCS2(=O)=O)cc1.CC(=O)SCC(=O)c1ccc(N2CCCS2(=O)=O)cc1. The highest BCUT2D eigenvalue weighted by Gasteiger charge is 2.28. The number of hydrogen-bond acceptors (Lipinski definition) is 10. The van der Waals surface area contributed by atoms with Gasteiger partial charge in [0.25, 0.3) is 0 Å². The molecule has 2 fully saturated rings. The molecular formula is C27H32N2O8S4. The van der Waals surface area contributed by atoms with Gasteiger partial charge in [0, 0.05) is 38.1 Å². The molecule has 0 aromatic heterocycles. The first-order chi connectivity index (χ1) is 19.3. The molecule has 2 aromatic carbocycles. The minimum atomic E-state index is -3.23. The minimum absolute atomic E-state index is 0.0978. The summed E-state index contributed by atoms with van der Waals surface area (Å²) in [5.74, 6) is 0.281. The summed E-state index contributed by atoms with van der Waals surface area (Å²) < 4.78 is 50.3. The molecule has 0 radical (unpaired) electrons. The molecule has 0 aliphatic carbocycles. The second-order valence-electron chi connectivity index (χ2n) is 9.34. The normalized spacial score (nSPS) is 17.3. The summed E-state index contributed by atoms with van der Waals surface area (Å²) in [6, 6.07) is 13.0. The van der Waals surface area contributed by atoms with Crippen LogP contribution < -0.4 is 8.61 Å². The maximum Gasteiger partial charge on any atom is 0.235 e. The first-order valence-corrected chi connectivity index (χ1v) is 18.0. The van der Waals surface area contributed by atoms with Crippen molar-refractivity contribution in [3.05, 3.63) is 59.7 Å². The van der Waals surface area contributed by atoms with Gasteiger partial charge in [0.05, 0.1) is 34.4 Å². The Bertz CT molecular complexity index is 1490. The van der Waals surface area contributed by atoms with Crippen LogP contribution in [0.3, 0.4) is 0 Å². The summed E-state index contributed by atoms with van der Waals surface area (Å²) in [4.78, 5) is 45.3. The Balaban J connectivity index is 0.000000226. The maximum atomic E-state index is 12.0. The quantitative estimate of drug-likeness (QED) is 0.391. The van der Waals surface area contributed by atoms with E-state index >= 15 is 0 Å². The molecule has 0 bridgehead atoms. The van der Waals surface area contributed by atoms with E-state index in [9.17, 15) is 36.0 Å². The lowest BCUT2D eigenvalue weighted by Crippen LogP contribution is -2.37. The Morgan fingerprint density at radius 3 is 1.32 bits per heavy atom. The first kappa shape index (κ1) is 32.8. The van der Waals surface area contributed by atoms with E-state index in [0.29, 0.717) is 48.4 Å². The summed E-state index contributed by atoms with van der Waals surface area (Å²) in [5, 5.41) is -0.197. The summed E-state index contributed by atoms with van der Waals surface area (Å²) in [5.41, 5.74) is 2.14. The highest BCUT2D eigenvalue weighted by Crippen LogP contribution is 2.25. The molecule has 2 heterocycles. The zero-order chi connectivity index (χ0) is 30.2. The van der Waals surface area contributed by atoms with Gasteiger partial charge in [-0.25, -0.2) is 16.8 Å². The van der Waals surface area contributed by atoms with Gasteiger partial charge in [-0.3, -0.25) is 27.8 Å². The molecule has 222 valence electrons. The van der Waals surface area contributed by atoms with Crippen LogP contribution in [0.1, 0.15) is 53.8 Å². The maximum absolute atomic E-state index is 12.0. The smallest absolute Gasteiger partial charge is 0.235 e. The zero-order valence-electron chi connectivity index (χ0n) is 22.8. The Morgan fingerprint density at radius 2 is 0.976 bits per heavy atom. The fraction of sp³-hybridized carbons (Fsp3) is 0.407. The fourth-order valence-electron chi connectivity index (χ4n) is 4.14. The molecule has 0 amide bonds. The standard InChI is InChI=1S/C14H17NO4S2.C13H15NO4S2/c1-11(16)20-10-14(17)12-4-6-13(7-5-12)15-8-2-3-9-21(15,18)19;1-10(15)19-9-13(16)11-3-5-12(6-4-11)14-7-2-8-20(14,17)18/h4-7H,2-3,8-10H2,1H3;3-6H,2,7-9H2,1H3. The van der Waals surface area contributed by atoms with Crippen molar-refractivity contribution in [2.75, 3.05) is 44.7 Å². The Hall–Kier alpha value is -2.68. The highest BCUT2D eigenvalue weighted by molar-refractivity contribution is 8.14. The van der Waals surface area contributed by atoms with Crippen molar-refractivity contribution in [3.63, 3.8) is 0 Å². The Morgan fingerprint density at radius 1 is 0.610 bits per heavy atom. The van der Waals surface area contributed by atoms with Crippen molar-refractivity contribution in [1.82, 2.24) is 0 Å². The predicted molar refractivity (Wildman–Crippen MR) is 164 cm³/mol. The van der Waals surface area contributed by atoms with E-state index in [2.05, 4.69) is 0 Å². The van der Waals surface area contributed by atoms with Gasteiger partial charge < -0.3 is 0 Å². The van der Waals surface area contributed by atoms with E-state index in [4.69, 9.17) is 0 Å². The second-order valence-corrected chi connectivity index (χ2v) is 15.7. The predicted octanol–water partition coefficient (Wildman–Crippen LogP) is 3.77. The average molecular weight is 641 g/mol. The van der Waals surface area contributed by atoms with Crippen molar-refractivity contribution in [3.8, 4) is 0 Å². The van der Waals surface area contributed by atoms with Crippen LogP contribution in [0.25, 0.3) is 0 Å². The van der Waals surface area contributed by atoms with E-state index in [0.717, 1.165) is 29.9 Å². The van der Waals surface area contributed by atoms with Crippen molar-refractivity contribution < 1.29 is 36.0 Å². The lowest BCUT2D eigenvalue weighted by Gasteiger charge is -2.28. The van der Waals surface area contributed by atoms with Crippen LogP contribution in [0, 0.1) is 0 Å². The van der Waals surface area contributed by atoms with Crippen LogP contribution in [0.5, 0.6) is 0 Å².